The van der Waals surface area contributed by atoms with Gasteiger partial charge in [-0.15, -0.1) is 0 Å². The van der Waals surface area contributed by atoms with Crippen LogP contribution >= 0.6 is 0 Å². The standard InChI is InChI=1S/C10H12N2O2/c1-13-9-3-2-8(7-12)6-10(9)14-5-4-11/h2-3,6H,4-5,11H2,1H3. The van der Waals surface area contributed by atoms with Crippen molar-refractivity contribution in [3.63, 3.8) is 0 Å². The maximum Gasteiger partial charge on any atom is 0.162 e. The van der Waals surface area contributed by atoms with E-state index < -0.39 is 0 Å². The third kappa shape index (κ3) is 2.38. The van der Waals surface area contributed by atoms with E-state index in [4.69, 9.17) is 20.5 Å². The molecule has 0 unspecified atom stereocenters. The molecule has 4 nitrogen and oxygen atoms in total. The van der Waals surface area contributed by atoms with Gasteiger partial charge in [-0.05, 0) is 12.1 Å². The molecule has 0 heterocycles. The Morgan fingerprint density at radius 2 is 2.21 bits per heavy atom. The first-order chi connectivity index (χ1) is 6.81. The summed E-state index contributed by atoms with van der Waals surface area (Å²) in [6.45, 7) is 0.838. The van der Waals surface area contributed by atoms with Gasteiger partial charge >= 0.3 is 0 Å². The van der Waals surface area contributed by atoms with Crippen molar-refractivity contribution in [2.24, 2.45) is 5.73 Å². The van der Waals surface area contributed by atoms with Gasteiger partial charge in [-0.1, -0.05) is 0 Å². The normalized spacial score (nSPS) is 9.21. The second kappa shape index (κ2) is 5.10. The van der Waals surface area contributed by atoms with E-state index in [1.165, 1.54) is 0 Å². The van der Waals surface area contributed by atoms with Gasteiger partial charge in [-0.25, -0.2) is 0 Å². The SMILES string of the molecule is COc1ccc(C#N)cc1OCCN. The van der Waals surface area contributed by atoms with E-state index in [1.54, 1.807) is 25.3 Å². The van der Waals surface area contributed by atoms with Gasteiger partial charge in [-0.3, -0.25) is 0 Å². The summed E-state index contributed by atoms with van der Waals surface area (Å²) in [7, 11) is 1.55. The number of hydrogen-bond donors (Lipinski definition) is 1. The fourth-order valence-electron chi connectivity index (χ4n) is 1.03. The molecule has 0 aromatic heterocycles. The molecule has 0 aliphatic carbocycles. The Bertz CT molecular complexity index is 344. The maximum absolute atomic E-state index is 8.68. The van der Waals surface area contributed by atoms with Crippen molar-refractivity contribution in [2.45, 2.75) is 0 Å². The highest BCUT2D eigenvalue weighted by molar-refractivity contribution is 5.46. The van der Waals surface area contributed by atoms with Crippen LogP contribution in [-0.2, 0) is 0 Å². The Hall–Kier alpha value is -1.73. The van der Waals surface area contributed by atoms with E-state index in [-0.39, 0.29) is 0 Å². The highest BCUT2D eigenvalue weighted by Gasteiger charge is 2.04. The average molecular weight is 192 g/mol. The zero-order valence-electron chi connectivity index (χ0n) is 7.99. The molecule has 0 saturated carbocycles. The summed E-state index contributed by atoms with van der Waals surface area (Å²) in [5, 5.41) is 8.68. The summed E-state index contributed by atoms with van der Waals surface area (Å²) in [5.74, 6) is 1.16. The minimum Gasteiger partial charge on any atom is -0.493 e. The third-order valence-corrected chi connectivity index (χ3v) is 1.67. The molecule has 2 N–H and O–H groups in total. The number of hydrogen-bond acceptors (Lipinski definition) is 4. The first-order valence-electron chi connectivity index (χ1n) is 4.23. The van der Waals surface area contributed by atoms with Gasteiger partial charge in [-0.2, -0.15) is 5.26 Å². The number of benzene rings is 1. The largest absolute Gasteiger partial charge is 0.493 e. The van der Waals surface area contributed by atoms with Crippen molar-refractivity contribution < 1.29 is 9.47 Å². The van der Waals surface area contributed by atoms with E-state index in [0.717, 1.165) is 0 Å². The van der Waals surface area contributed by atoms with Gasteiger partial charge in [0.15, 0.2) is 11.5 Å². The van der Waals surface area contributed by atoms with Crippen LogP contribution < -0.4 is 15.2 Å². The summed E-state index contributed by atoms with van der Waals surface area (Å²) >= 11 is 0. The van der Waals surface area contributed by atoms with Crippen LogP contribution in [0.5, 0.6) is 11.5 Å². The number of ether oxygens (including phenoxy) is 2. The van der Waals surface area contributed by atoms with E-state index in [0.29, 0.717) is 30.2 Å². The van der Waals surface area contributed by atoms with Crippen molar-refractivity contribution in [2.75, 3.05) is 20.3 Å². The van der Waals surface area contributed by atoms with Crippen molar-refractivity contribution in [3.8, 4) is 17.6 Å². The van der Waals surface area contributed by atoms with Crippen LogP contribution in [0.3, 0.4) is 0 Å². The lowest BCUT2D eigenvalue weighted by atomic mass is 10.2. The van der Waals surface area contributed by atoms with Crippen LogP contribution in [0.2, 0.25) is 0 Å². The van der Waals surface area contributed by atoms with E-state index in [9.17, 15) is 0 Å². The molecule has 4 heteroatoms. The predicted molar refractivity (Wildman–Crippen MR) is 52.3 cm³/mol. The lowest BCUT2D eigenvalue weighted by Crippen LogP contribution is -2.11. The molecule has 14 heavy (non-hydrogen) atoms. The molecule has 1 aromatic carbocycles. The minimum absolute atomic E-state index is 0.408. The molecule has 1 rings (SSSR count). The quantitative estimate of drug-likeness (QED) is 0.769. The topological polar surface area (TPSA) is 68.3 Å². The molecule has 0 fully saturated rings. The Labute approximate surface area is 82.9 Å². The number of methoxy groups -OCH3 is 1. The number of nitrogens with zero attached hydrogens (tertiary/aromatic N) is 1. The van der Waals surface area contributed by atoms with Crippen LogP contribution in [-0.4, -0.2) is 20.3 Å². The number of rotatable bonds is 4. The molecule has 0 radical (unpaired) electrons. The Morgan fingerprint density at radius 1 is 1.43 bits per heavy atom. The summed E-state index contributed by atoms with van der Waals surface area (Å²) in [6.07, 6.45) is 0. The van der Waals surface area contributed by atoms with Gasteiger partial charge < -0.3 is 15.2 Å². The predicted octanol–water partition coefficient (Wildman–Crippen LogP) is 0.904. The van der Waals surface area contributed by atoms with E-state index >= 15 is 0 Å². The van der Waals surface area contributed by atoms with E-state index in [1.807, 2.05) is 6.07 Å². The molecule has 0 atom stereocenters. The fourth-order valence-corrected chi connectivity index (χ4v) is 1.03. The lowest BCUT2D eigenvalue weighted by Gasteiger charge is -2.09. The first kappa shape index (κ1) is 10.4. The van der Waals surface area contributed by atoms with Gasteiger partial charge in [0.25, 0.3) is 0 Å². The average Bonchev–Trinajstić information content (AvgIpc) is 2.25. The fraction of sp³-hybridized carbons (Fsp3) is 0.300. The van der Waals surface area contributed by atoms with Crippen molar-refractivity contribution in [3.05, 3.63) is 23.8 Å². The summed E-state index contributed by atoms with van der Waals surface area (Å²) < 4.78 is 10.4. The molecule has 1 aromatic rings. The molecule has 0 amide bonds. The van der Waals surface area contributed by atoms with Crippen LogP contribution in [0.4, 0.5) is 0 Å². The molecular weight excluding hydrogens is 180 g/mol. The monoisotopic (exact) mass is 192 g/mol. The number of nitrogens with two attached hydrogens (primary N) is 1. The third-order valence-electron chi connectivity index (χ3n) is 1.67. The van der Waals surface area contributed by atoms with Crippen molar-refractivity contribution in [1.82, 2.24) is 0 Å². The Balaban J connectivity index is 2.91. The lowest BCUT2D eigenvalue weighted by molar-refractivity contribution is 0.302. The zero-order valence-corrected chi connectivity index (χ0v) is 7.99. The van der Waals surface area contributed by atoms with Crippen molar-refractivity contribution >= 4 is 0 Å². The van der Waals surface area contributed by atoms with Gasteiger partial charge in [0.05, 0.1) is 18.7 Å². The van der Waals surface area contributed by atoms with E-state index in [2.05, 4.69) is 0 Å². The highest BCUT2D eigenvalue weighted by atomic mass is 16.5. The van der Waals surface area contributed by atoms with Crippen LogP contribution in [0.25, 0.3) is 0 Å². The summed E-state index contributed by atoms with van der Waals surface area (Å²) in [5.41, 5.74) is 5.85. The molecular formula is C10H12N2O2. The van der Waals surface area contributed by atoms with Gasteiger partial charge in [0, 0.05) is 12.6 Å². The molecule has 0 spiro atoms. The highest BCUT2D eigenvalue weighted by Crippen LogP contribution is 2.27. The number of nitriles is 1. The zero-order chi connectivity index (χ0) is 10.4. The minimum atomic E-state index is 0.408. The molecule has 0 bridgehead atoms. The van der Waals surface area contributed by atoms with Crippen LogP contribution in [0.1, 0.15) is 5.56 Å². The first-order valence-corrected chi connectivity index (χ1v) is 4.23. The Kier molecular flexibility index (Phi) is 3.77. The van der Waals surface area contributed by atoms with Gasteiger partial charge in [0.1, 0.15) is 6.61 Å². The summed E-state index contributed by atoms with van der Waals surface area (Å²) in [4.78, 5) is 0. The summed E-state index contributed by atoms with van der Waals surface area (Å²) in [6, 6.07) is 7.04. The molecule has 0 aliphatic rings. The second-order valence-electron chi connectivity index (χ2n) is 2.61. The maximum atomic E-state index is 8.68. The van der Waals surface area contributed by atoms with Crippen LogP contribution in [0, 0.1) is 11.3 Å². The second-order valence-corrected chi connectivity index (χ2v) is 2.61. The molecule has 0 aliphatic heterocycles. The van der Waals surface area contributed by atoms with Gasteiger partial charge in [0.2, 0.25) is 0 Å². The Morgan fingerprint density at radius 3 is 2.79 bits per heavy atom. The van der Waals surface area contributed by atoms with Crippen LogP contribution in [0.15, 0.2) is 18.2 Å². The molecule has 0 saturated heterocycles. The smallest absolute Gasteiger partial charge is 0.162 e. The molecule has 74 valence electrons. The van der Waals surface area contributed by atoms with Crippen molar-refractivity contribution in [1.29, 1.82) is 5.26 Å².